The number of ether oxygens (including phenoxy) is 1. The van der Waals surface area contributed by atoms with E-state index in [-0.39, 0.29) is 24.6 Å². The van der Waals surface area contributed by atoms with Gasteiger partial charge in [0.15, 0.2) is 5.78 Å². The molecule has 5 heteroatoms. The summed E-state index contributed by atoms with van der Waals surface area (Å²) in [6.45, 7) is 7.20. The summed E-state index contributed by atoms with van der Waals surface area (Å²) in [5, 5.41) is 0. The van der Waals surface area contributed by atoms with Crippen LogP contribution in [-0.4, -0.2) is 10.8 Å². The van der Waals surface area contributed by atoms with Gasteiger partial charge in [0, 0.05) is 17.5 Å². The number of carbonyl (C=O) groups is 1. The van der Waals surface area contributed by atoms with Crippen LogP contribution in [0.5, 0.6) is 5.75 Å². The predicted molar refractivity (Wildman–Crippen MR) is 95.7 cm³/mol. The van der Waals surface area contributed by atoms with Crippen LogP contribution in [0.15, 0.2) is 66.9 Å². The van der Waals surface area contributed by atoms with Crippen molar-refractivity contribution in [3.63, 3.8) is 0 Å². The molecule has 0 saturated carbocycles. The van der Waals surface area contributed by atoms with E-state index in [0.29, 0.717) is 22.7 Å². The SMILES string of the molecule is [C-]#[N+]c1ccc(CC(=O)c2cccc(OCc3ccc(F)cc3)c2)nc1. The van der Waals surface area contributed by atoms with E-state index in [1.807, 2.05) is 0 Å². The van der Waals surface area contributed by atoms with Crippen LogP contribution in [-0.2, 0) is 13.0 Å². The van der Waals surface area contributed by atoms with Gasteiger partial charge in [0.1, 0.15) is 18.2 Å². The minimum atomic E-state index is -0.292. The molecular formula is C21H15FN2O2. The van der Waals surface area contributed by atoms with Crippen LogP contribution in [0.25, 0.3) is 4.85 Å². The molecule has 128 valence electrons. The van der Waals surface area contributed by atoms with Gasteiger partial charge in [0.05, 0.1) is 13.0 Å². The molecule has 0 unspecified atom stereocenters. The van der Waals surface area contributed by atoms with Crippen molar-refractivity contribution in [3.8, 4) is 5.75 Å². The van der Waals surface area contributed by atoms with Crippen LogP contribution in [0, 0.1) is 12.4 Å². The third kappa shape index (κ3) is 4.52. The van der Waals surface area contributed by atoms with Gasteiger partial charge in [-0.25, -0.2) is 9.24 Å². The number of halogens is 1. The van der Waals surface area contributed by atoms with E-state index in [1.165, 1.54) is 18.3 Å². The van der Waals surface area contributed by atoms with Crippen LogP contribution < -0.4 is 4.74 Å². The molecule has 0 saturated heterocycles. The van der Waals surface area contributed by atoms with Gasteiger partial charge in [-0.3, -0.25) is 9.78 Å². The van der Waals surface area contributed by atoms with E-state index < -0.39 is 0 Å². The molecule has 1 heterocycles. The van der Waals surface area contributed by atoms with E-state index in [4.69, 9.17) is 11.3 Å². The maximum absolute atomic E-state index is 12.9. The summed E-state index contributed by atoms with van der Waals surface area (Å²) in [5.41, 5.74) is 2.42. The highest BCUT2D eigenvalue weighted by atomic mass is 19.1. The molecule has 2 aromatic carbocycles. The Balaban J connectivity index is 1.64. The fraction of sp³-hybridized carbons (Fsp3) is 0.0952. The van der Waals surface area contributed by atoms with Crippen LogP contribution in [0.2, 0.25) is 0 Å². The zero-order chi connectivity index (χ0) is 18.4. The molecule has 3 aromatic rings. The largest absolute Gasteiger partial charge is 0.489 e. The molecule has 0 aliphatic rings. The van der Waals surface area contributed by atoms with Gasteiger partial charge in [-0.15, -0.1) is 0 Å². The summed E-state index contributed by atoms with van der Waals surface area (Å²) in [6.07, 6.45) is 1.61. The lowest BCUT2D eigenvalue weighted by atomic mass is 10.1. The third-order valence-corrected chi connectivity index (χ3v) is 3.75. The molecule has 0 fully saturated rings. The number of rotatable bonds is 6. The number of benzene rings is 2. The fourth-order valence-electron chi connectivity index (χ4n) is 2.36. The molecule has 0 atom stereocenters. The highest BCUT2D eigenvalue weighted by Gasteiger charge is 2.09. The first kappa shape index (κ1) is 17.3. The van der Waals surface area contributed by atoms with E-state index in [9.17, 15) is 9.18 Å². The molecule has 0 spiro atoms. The molecule has 0 aliphatic carbocycles. The lowest BCUT2D eigenvalue weighted by molar-refractivity contribution is 0.0991. The molecule has 0 radical (unpaired) electrons. The van der Waals surface area contributed by atoms with E-state index in [0.717, 1.165) is 5.56 Å². The maximum atomic E-state index is 12.9. The Bertz CT molecular complexity index is 945. The highest BCUT2D eigenvalue weighted by Crippen LogP contribution is 2.17. The average molecular weight is 346 g/mol. The molecule has 3 rings (SSSR count). The molecule has 4 nitrogen and oxygen atoms in total. The number of carbonyl (C=O) groups excluding carboxylic acids is 1. The smallest absolute Gasteiger partial charge is 0.205 e. The number of pyridine rings is 1. The molecule has 0 N–H and O–H groups in total. The van der Waals surface area contributed by atoms with Crippen molar-refractivity contribution >= 4 is 11.5 Å². The summed E-state index contributed by atoms with van der Waals surface area (Å²) < 4.78 is 18.6. The van der Waals surface area contributed by atoms with Crippen molar-refractivity contribution in [1.29, 1.82) is 0 Å². The molecule has 26 heavy (non-hydrogen) atoms. The van der Waals surface area contributed by atoms with Crippen molar-refractivity contribution in [1.82, 2.24) is 4.98 Å². The molecule has 0 bridgehead atoms. The fourth-order valence-corrected chi connectivity index (χ4v) is 2.36. The molecule has 0 amide bonds. The third-order valence-electron chi connectivity index (χ3n) is 3.75. The van der Waals surface area contributed by atoms with E-state index >= 15 is 0 Å². The maximum Gasteiger partial charge on any atom is 0.205 e. The number of hydrogen-bond donors (Lipinski definition) is 0. The van der Waals surface area contributed by atoms with Gasteiger partial charge >= 0.3 is 0 Å². The quantitative estimate of drug-likeness (QED) is 0.477. The molecular weight excluding hydrogens is 331 g/mol. The monoisotopic (exact) mass is 346 g/mol. The van der Waals surface area contributed by atoms with E-state index in [2.05, 4.69) is 9.83 Å². The Hall–Kier alpha value is -3.52. The van der Waals surface area contributed by atoms with Gasteiger partial charge in [0.25, 0.3) is 0 Å². The topological polar surface area (TPSA) is 43.5 Å². The molecule has 0 aliphatic heterocycles. The summed E-state index contributed by atoms with van der Waals surface area (Å²) in [7, 11) is 0. The Morgan fingerprint density at radius 2 is 1.92 bits per heavy atom. The van der Waals surface area contributed by atoms with Crippen LogP contribution in [0.1, 0.15) is 21.6 Å². The van der Waals surface area contributed by atoms with Crippen molar-refractivity contribution in [3.05, 3.63) is 101 Å². The lowest BCUT2D eigenvalue weighted by Crippen LogP contribution is -2.05. The Morgan fingerprint density at radius 1 is 1.12 bits per heavy atom. The van der Waals surface area contributed by atoms with E-state index in [1.54, 1.807) is 48.5 Å². The van der Waals surface area contributed by atoms with Crippen LogP contribution >= 0.6 is 0 Å². The Kier molecular flexibility index (Phi) is 5.35. The highest BCUT2D eigenvalue weighted by molar-refractivity contribution is 5.97. The summed E-state index contributed by atoms with van der Waals surface area (Å²) >= 11 is 0. The zero-order valence-corrected chi connectivity index (χ0v) is 13.9. The Morgan fingerprint density at radius 3 is 2.62 bits per heavy atom. The number of nitrogens with zero attached hydrogens (tertiary/aromatic N) is 2. The van der Waals surface area contributed by atoms with Crippen molar-refractivity contribution < 1.29 is 13.9 Å². The average Bonchev–Trinajstić information content (AvgIpc) is 2.68. The van der Waals surface area contributed by atoms with Gasteiger partial charge in [-0.2, -0.15) is 0 Å². The summed E-state index contributed by atoms with van der Waals surface area (Å²) in [5.74, 6) is 0.191. The number of hydrogen-bond acceptors (Lipinski definition) is 3. The molecule has 1 aromatic heterocycles. The first-order valence-electron chi connectivity index (χ1n) is 7.97. The number of aromatic nitrogens is 1. The predicted octanol–water partition coefficient (Wildman–Crippen LogP) is 4.78. The van der Waals surface area contributed by atoms with Crippen molar-refractivity contribution in [2.24, 2.45) is 0 Å². The summed E-state index contributed by atoms with van der Waals surface area (Å²) in [6, 6.07) is 16.3. The van der Waals surface area contributed by atoms with Crippen LogP contribution in [0.3, 0.4) is 0 Å². The second-order valence-electron chi connectivity index (χ2n) is 5.66. The van der Waals surface area contributed by atoms with Crippen molar-refractivity contribution in [2.45, 2.75) is 13.0 Å². The summed E-state index contributed by atoms with van der Waals surface area (Å²) in [4.78, 5) is 19.8. The number of Topliss-reactive ketones (excluding diaryl/α,β-unsaturated/α-hetero) is 1. The zero-order valence-electron chi connectivity index (χ0n) is 13.9. The first-order chi connectivity index (χ1) is 12.6. The normalized spacial score (nSPS) is 10.2. The Labute approximate surface area is 150 Å². The van der Waals surface area contributed by atoms with Gasteiger partial charge in [-0.1, -0.05) is 36.4 Å². The van der Waals surface area contributed by atoms with Gasteiger partial charge < -0.3 is 4.74 Å². The second kappa shape index (κ2) is 8.04. The van der Waals surface area contributed by atoms with Gasteiger partial charge in [-0.05, 0) is 29.8 Å². The lowest BCUT2D eigenvalue weighted by Gasteiger charge is -2.08. The minimum absolute atomic E-state index is 0.0831. The first-order valence-corrected chi connectivity index (χ1v) is 7.97. The number of ketones is 1. The van der Waals surface area contributed by atoms with Crippen molar-refractivity contribution in [2.75, 3.05) is 0 Å². The standard InChI is InChI=1S/C21H15FN2O2/c1-23-19-10-9-18(24-13-19)12-21(25)16-3-2-4-20(11-16)26-14-15-5-7-17(22)8-6-15/h2-11,13H,12,14H2. The van der Waals surface area contributed by atoms with Gasteiger partial charge in [0.2, 0.25) is 5.69 Å². The van der Waals surface area contributed by atoms with Crippen LogP contribution in [0.4, 0.5) is 10.1 Å². The minimum Gasteiger partial charge on any atom is -0.489 e. The second-order valence-corrected chi connectivity index (χ2v) is 5.66.